The average molecular weight is 464 g/mol. The highest BCUT2D eigenvalue weighted by Crippen LogP contribution is 2.44. The lowest BCUT2D eigenvalue weighted by atomic mass is 9.94. The number of anilines is 1. The van der Waals surface area contributed by atoms with E-state index in [-0.39, 0.29) is 11.3 Å². The van der Waals surface area contributed by atoms with Crippen molar-refractivity contribution in [1.82, 2.24) is 0 Å². The lowest BCUT2D eigenvalue weighted by molar-refractivity contribution is -0.132. The van der Waals surface area contributed by atoms with Crippen molar-refractivity contribution >= 4 is 39.1 Å². The Hall–Kier alpha value is -3.38. The molecule has 1 amide bonds. The first-order chi connectivity index (χ1) is 14.5. The normalized spacial score (nSPS) is 17.9. The molecule has 3 aromatic carbocycles. The molecule has 1 aliphatic heterocycles. The summed E-state index contributed by atoms with van der Waals surface area (Å²) >= 11 is 3.36. The fraction of sp³-hybridized carbons (Fsp3) is 0.0833. The van der Waals surface area contributed by atoms with E-state index in [0.29, 0.717) is 22.6 Å². The zero-order valence-electron chi connectivity index (χ0n) is 16.1. The number of ether oxygens (including phenoxy) is 1. The van der Waals surface area contributed by atoms with Crippen LogP contribution in [0.15, 0.2) is 88.9 Å². The number of rotatable bonds is 4. The Balaban J connectivity index is 1.98. The van der Waals surface area contributed by atoms with Crippen LogP contribution >= 0.6 is 15.9 Å². The minimum Gasteiger partial charge on any atom is -0.507 e. The number of hydrogen-bond donors (Lipinski definition) is 1. The van der Waals surface area contributed by atoms with Gasteiger partial charge in [-0.05, 0) is 30.3 Å². The molecule has 0 spiro atoms. The van der Waals surface area contributed by atoms with Crippen LogP contribution < -0.4 is 9.64 Å². The topological polar surface area (TPSA) is 66.8 Å². The summed E-state index contributed by atoms with van der Waals surface area (Å²) in [4.78, 5) is 27.6. The van der Waals surface area contributed by atoms with Crippen LogP contribution in [0.2, 0.25) is 0 Å². The minimum atomic E-state index is -0.827. The van der Waals surface area contributed by atoms with Crippen molar-refractivity contribution in [1.29, 1.82) is 0 Å². The summed E-state index contributed by atoms with van der Waals surface area (Å²) in [6.45, 7) is 0. The van der Waals surface area contributed by atoms with Crippen molar-refractivity contribution in [3.63, 3.8) is 0 Å². The number of hydrogen-bond acceptors (Lipinski definition) is 4. The van der Waals surface area contributed by atoms with E-state index in [1.54, 1.807) is 60.7 Å². The number of ketones is 1. The summed E-state index contributed by atoms with van der Waals surface area (Å²) in [7, 11) is 1.53. The Morgan fingerprint density at radius 2 is 1.57 bits per heavy atom. The predicted octanol–water partition coefficient (Wildman–Crippen LogP) is 5.08. The van der Waals surface area contributed by atoms with Gasteiger partial charge in [-0.2, -0.15) is 0 Å². The van der Waals surface area contributed by atoms with E-state index >= 15 is 0 Å². The van der Waals surface area contributed by atoms with Crippen LogP contribution in [-0.2, 0) is 9.59 Å². The van der Waals surface area contributed by atoms with E-state index in [1.807, 2.05) is 18.2 Å². The van der Waals surface area contributed by atoms with Gasteiger partial charge < -0.3 is 9.84 Å². The number of aliphatic hydroxyl groups excluding tert-OH is 1. The molecule has 1 unspecified atom stereocenters. The summed E-state index contributed by atoms with van der Waals surface area (Å²) < 4.78 is 6.34. The fourth-order valence-electron chi connectivity index (χ4n) is 3.64. The van der Waals surface area contributed by atoms with Gasteiger partial charge >= 0.3 is 0 Å². The van der Waals surface area contributed by atoms with Gasteiger partial charge in [0.05, 0.1) is 18.7 Å². The van der Waals surface area contributed by atoms with Crippen LogP contribution in [0.3, 0.4) is 0 Å². The van der Waals surface area contributed by atoms with E-state index in [1.165, 1.54) is 12.0 Å². The van der Waals surface area contributed by atoms with Crippen LogP contribution in [0.1, 0.15) is 17.2 Å². The Bertz CT molecular complexity index is 1140. The van der Waals surface area contributed by atoms with Crippen LogP contribution in [0, 0.1) is 0 Å². The second-order valence-corrected chi connectivity index (χ2v) is 7.67. The van der Waals surface area contributed by atoms with Gasteiger partial charge in [0.15, 0.2) is 0 Å². The molecule has 1 atom stereocenters. The second kappa shape index (κ2) is 8.16. The number of carbonyl (C=O) groups excluding carboxylic acids is 2. The van der Waals surface area contributed by atoms with E-state index in [2.05, 4.69) is 15.9 Å². The third kappa shape index (κ3) is 3.39. The van der Waals surface area contributed by atoms with Crippen LogP contribution in [0.5, 0.6) is 5.75 Å². The molecule has 6 heteroatoms. The van der Waals surface area contributed by atoms with Crippen molar-refractivity contribution in [2.45, 2.75) is 6.04 Å². The molecule has 1 saturated heterocycles. The summed E-state index contributed by atoms with van der Waals surface area (Å²) in [5, 5.41) is 11.1. The third-order valence-corrected chi connectivity index (χ3v) is 5.56. The van der Waals surface area contributed by atoms with Gasteiger partial charge in [-0.1, -0.05) is 64.5 Å². The van der Waals surface area contributed by atoms with Crippen LogP contribution in [0.25, 0.3) is 5.76 Å². The first kappa shape index (κ1) is 19.9. The zero-order valence-corrected chi connectivity index (χ0v) is 17.7. The number of methoxy groups -OCH3 is 1. The standard InChI is InChI=1S/C24H18BrNO4/c1-30-19-10-6-5-9-18(19)21-20(22(27)15-11-13-16(25)14-12-15)23(28)24(29)26(21)17-7-3-2-4-8-17/h2-14,21,27H,1H3. The van der Waals surface area contributed by atoms with Gasteiger partial charge in [-0.25, -0.2) is 0 Å². The van der Waals surface area contributed by atoms with Crippen LogP contribution in [-0.4, -0.2) is 23.9 Å². The van der Waals surface area contributed by atoms with Gasteiger partial charge in [0, 0.05) is 21.3 Å². The molecular formula is C24H18BrNO4. The number of Topliss-reactive ketones (excluding diaryl/α,β-unsaturated/α-hetero) is 1. The molecule has 30 heavy (non-hydrogen) atoms. The maximum atomic E-state index is 13.1. The largest absolute Gasteiger partial charge is 0.507 e. The molecule has 1 N–H and O–H groups in total. The maximum absolute atomic E-state index is 13.1. The monoisotopic (exact) mass is 463 g/mol. The summed E-state index contributed by atoms with van der Waals surface area (Å²) in [6.07, 6.45) is 0. The Kier molecular flexibility index (Phi) is 5.42. The molecule has 0 saturated carbocycles. The van der Waals surface area contributed by atoms with Gasteiger partial charge in [-0.3, -0.25) is 14.5 Å². The molecule has 0 bridgehead atoms. The molecule has 1 aliphatic rings. The maximum Gasteiger partial charge on any atom is 0.300 e. The molecule has 5 nitrogen and oxygen atoms in total. The quantitative estimate of drug-likeness (QED) is 0.332. The lowest BCUT2D eigenvalue weighted by Crippen LogP contribution is -2.29. The third-order valence-electron chi connectivity index (χ3n) is 5.03. The van der Waals surface area contributed by atoms with Crippen LogP contribution in [0.4, 0.5) is 5.69 Å². The minimum absolute atomic E-state index is 0.0238. The Labute approximate surface area is 182 Å². The van der Waals surface area contributed by atoms with Gasteiger partial charge in [0.25, 0.3) is 11.7 Å². The van der Waals surface area contributed by atoms with E-state index < -0.39 is 17.7 Å². The predicted molar refractivity (Wildman–Crippen MR) is 118 cm³/mol. The highest BCUT2D eigenvalue weighted by Gasteiger charge is 2.47. The number of aliphatic hydroxyl groups is 1. The Morgan fingerprint density at radius 3 is 2.23 bits per heavy atom. The summed E-state index contributed by atoms with van der Waals surface area (Å²) in [6, 6.07) is 22.2. The first-order valence-corrected chi connectivity index (χ1v) is 10.1. The Morgan fingerprint density at radius 1 is 0.933 bits per heavy atom. The molecule has 1 fully saturated rings. The molecular weight excluding hydrogens is 446 g/mol. The molecule has 150 valence electrons. The summed E-state index contributed by atoms with van der Waals surface area (Å²) in [5.74, 6) is -1.15. The molecule has 0 radical (unpaired) electrons. The highest BCUT2D eigenvalue weighted by molar-refractivity contribution is 9.10. The van der Waals surface area contributed by atoms with Crippen molar-refractivity contribution in [2.24, 2.45) is 0 Å². The second-order valence-electron chi connectivity index (χ2n) is 6.75. The zero-order chi connectivity index (χ0) is 21.3. The average Bonchev–Trinajstić information content (AvgIpc) is 3.04. The lowest BCUT2D eigenvalue weighted by Gasteiger charge is -2.26. The number of carbonyl (C=O) groups is 2. The van der Waals surface area contributed by atoms with Crippen molar-refractivity contribution in [2.75, 3.05) is 12.0 Å². The molecule has 0 aliphatic carbocycles. The SMILES string of the molecule is COc1ccccc1C1C(=C(O)c2ccc(Br)cc2)C(=O)C(=O)N1c1ccccc1. The smallest absolute Gasteiger partial charge is 0.300 e. The van der Waals surface area contributed by atoms with Crippen molar-refractivity contribution in [3.8, 4) is 5.75 Å². The van der Waals surface area contributed by atoms with E-state index in [0.717, 1.165) is 4.47 Å². The number of nitrogens with zero attached hydrogens (tertiary/aromatic N) is 1. The van der Waals surface area contributed by atoms with E-state index in [4.69, 9.17) is 4.74 Å². The highest BCUT2D eigenvalue weighted by atomic mass is 79.9. The van der Waals surface area contributed by atoms with Gasteiger partial charge in [0.2, 0.25) is 0 Å². The summed E-state index contributed by atoms with van der Waals surface area (Å²) in [5.41, 5.74) is 1.65. The molecule has 4 rings (SSSR count). The number of para-hydroxylation sites is 2. The van der Waals surface area contributed by atoms with Crippen molar-refractivity contribution in [3.05, 3.63) is 100 Å². The molecule has 1 heterocycles. The number of halogens is 1. The first-order valence-electron chi connectivity index (χ1n) is 9.28. The van der Waals surface area contributed by atoms with E-state index in [9.17, 15) is 14.7 Å². The molecule has 0 aromatic heterocycles. The molecule has 3 aromatic rings. The van der Waals surface area contributed by atoms with Gasteiger partial charge in [0.1, 0.15) is 11.5 Å². The number of benzene rings is 3. The van der Waals surface area contributed by atoms with Crippen molar-refractivity contribution < 1.29 is 19.4 Å². The fourth-order valence-corrected chi connectivity index (χ4v) is 3.90. The number of amides is 1. The van der Waals surface area contributed by atoms with Gasteiger partial charge in [-0.15, -0.1) is 0 Å².